The molecule has 1 rings (SSSR count). The Hall–Kier alpha value is -2.05. The molecule has 7 nitrogen and oxygen atoms in total. The van der Waals surface area contributed by atoms with Crippen molar-refractivity contribution in [3.05, 3.63) is 18.2 Å². The quantitative estimate of drug-likeness (QED) is 0.814. The molecule has 0 unspecified atom stereocenters. The molecule has 124 valence electrons. The second kappa shape index (κ2) is 7.82. The predicted octanol–water partition coefficient (Wildman–Crippen LogP) is 2.14. The molecular weight excluding hydrogens is 286 g/mol. The molecule has 1 amide bonds. The maximum Gasteiger partial charge on any atom is 0.411 e. The number of aromatic nitrogens is 2. The van der Waals surface area contributed by atoms with Crippen molar-refractivity contribution in [2.24, 2.45) is 0 Å². The Bertz CT molecular complexity index is 479. The minimum atomic E-state index is -0.750. The van der Waals surface area contributed by atoms with Crippen LogP contribution in [-0.4, -0.2) is 52.2 Å². The van der Waals surface area contributed by atoms with Crippen LogP contribution in [0.5, 0.6) is 0 Å². The summed E-state index contributed by atoms with van der Waals surface area (Å²) in [5.74, 6) is -0.478. The Morgan fingerprint density at radius 2 is 2.09 bits per heavy atom. The lowest BCUT2D eigenvalue weighted by molar-refractivity contribution is -0.146. The lowest BCUT2D eigenvalue weighted by atomic mass is 10.1. The summed E-state index contributed by atoms with van der Waals surface area (Å²) in [6, 6.07) is -0.750. The summed E-state index contributed by atoms with van der Waals surface area (Å²) in [7, 11) is 1.31. The molecule has 1 N–H and O–H groups in total. The SMILES string of the molecule is CCCN(C(=O)OC(C)(C)C)[C@@H](Cc1cnc[nH]1)C(=O)OC. The number of nitrogens with zero attached hydrogens (tertiary/aromatic N) is 2. The molecule has 0 radical (unpaired) electrons. The number of amides is 1. The molecule has 0 bridgehead atoms. The van der Waals surface area contributed by atoms with E-state index < -0.39 is 23.7 Å². The summed E-state index contributed by atoms with van der Waals surface area (Å²) in [6.07, 6.45) is 3.63. The van der Waals surface area contributed by atoms with Gasteiger partial charge in [-0.25, -0.2) is 14.6 Å². The van der Waals surface area contributed by atoms with Gasteiger partial charge in [0.25, 0.3) is 0 Å². The molecule has 22 heavy (non-hydrogen) atoms. The van der Waals surface area contributed by atoms with Crippen molar-refractivity contribution >= 4 is 12.1 Å². The molecule has 0 saturated carbocycles. The van der Waals surface area contributed by atoms with Crippen LogP contribution < -0.4 is 0 Å². The first kappa shape index (κ1) is 18.0. The van der Waals surface area contributed by atoms with Crippen LogP contribution in [0.15, 0.2) is 12.5 Å². The van der Waals surface area contributed by atoms with Crippen molar-refractivity contribution in [3.8, 4) is 0 Å². The number of ether oxygens (including phenoxy) is 2. The Morgan fingerprint density at radius 1 is 1.41 bits per heavy atom. The number of nitrogens with one attached hydrogen (secondary N) is 1. The molecular formula is C15H25N3O4. The van der Waals surface area contributed by atoms with Crippen LogP contribution in [0.25, 0.3) is 0 Å². The number of esters is 1. The monoisotopic (exact) mass is 311 g/mol. The van der Waals surface area contributed by atoms with Crippen molar-refractivity contribution in [3.63, 3.8) is 0 Å². The van der Waals surface area contributed by atoms with E-state index in [2.05, 4.69) is 9.97 Å². The number of carbonyl (C=O) groups is 2. The molecule has 0 saturated heterocycles. The van der Waals surface area contributed by atoms with Crippen LogP contribution in [0.1, 0.15) is 39.8 Å². The third-order valence-corrected chi connectivity index (χ3v) is 2.91. The van der Waals surface area contributed by atoms with Crippen molar-refractivity contribution in [2.45, 2.75) is 52.2 Å². The number of aromatic amines is 1. The number of H-pyrrole nitrogens is 1. The third-order valence-electron chi connectivity index (χ3n) is 2.91. The highest BCUT2D eigenvalue weighted by molar-refractivity contribution is 5.81. The fraction of sp³-hybridized carbons (Fsp3) is 0.667. The zero-order chi connectivity index (χ0) is 16.8. The Balaban J connectivity index is 2.98. The van der Waals surface area contributed by atoms with Gasteiger partial charge in [0.2, 0.25) is 0 Å². The van der Waals surface area contributed by atoms with Crippen molar-refractivity contribution in [1.29, 1.82) is 0 Å². The van der Waals surface area contributed by atoms with E-state index in [1.807, 2.05) is 6.92 Å². The average molecular weight is 311 g/mol. The van der Waals surface area contributed by atoms with Gasteiger partial charge in [-0.1, -0.05) is 6.92 Å². The fourth-order valence-electron chi connectivity index (χ4n) is 2.00. The minimum absolute atomic E-state index is 0.298. The number of methoxy groups -OCH3 is 1. The van der Waals surface area contributed by atoms with E-state index in [0.717, 1.165) is 5.69 Å². The van der Waals surface area contributed by atoms with E-state index in [1.165, 1.54) is 18.3 Å². The van der Waals surface area contributed by atoms with Crippen LogP contribution in [-0.2, 0) is 20.7 Å². The second-order valence-corrected chi connectivity index (χ2v) is 5.99. The van der Waals surface area contributed by atoms with Crippen LogP contribution in [0.2, 0.25) is 0 Å². The summed E-state index contributed by atoms with van der Waals surface area (Å²) in [4.78, 5) is 32.8. The van der Waals surface area contributed by atoms with Gasteiger partial charge in [-0.15, -0.1) is 0 Å². The van der Waals surface area contributed by atoms with Crippen LogP contribution in [0.3, 0.4) is 0 Å². The summed E-state index contributed by atoms with van der Waals surface area (Å²) in [6.45, 7) is 7.70. The summed E-state index contributed by atoms with van der Waals surface area (Å²) < 4.78 is 10.2. The largest absolute Gasteiger partial charge is 0.467 e. The van der Waals surface area contributed by atoms with Gasteiger partial charge in [0.15, 0.2) is 0 Å². The summed E-state index contributed by atoms with van der Waals surface area (Å²) in [5.41, 5.74) is 0.123. The molecule has 0 fully saturated rings. The van der Waals surface area contributed by atoms with Gasteiger partial charge in [0.05, 0.1) is 13.4 Å². The van der Waals surface area contributed by atoms with Gasteiger partial charge in [-0.2, -0.15) is 0 Å². The highest BCUT2D eigenvalue weighted by atomic mass is 16.6. The van der Waals surface area contributed by atoms with E-state index in [-0.39, 0.29) is 0 Å². The highest BCUT2D eigenvalue weighted by Gasteiger charge is 2.33. The Labute approximate surface area is 131 Å². The van der Waals surface area contributed by atoms with E-state index in [1.54, 1.807) is 27.0 Å². The topological polar surface area (TPSA) is 84.5 Å². The molecule has 0 aromatic carbocycles. The average Bonchev–Trinajstić information content (AvgIpc) is 2.92. The predicted molar refractivity (Wildman–Crippen MR) is 81.3 cm³/mol. The Morgan fingerprint density at radius 3 is 2.55 bits per heavy atom. The van der Waals surface area contributed by atoms with E-state index in [9.17, 15) is 9.59 Å². The van der Waals surface area contributed by atoms with Crippen LogP contribution >= 0.6 is 0 Å². The maximum absolute atomic E-state index is 12.4. The zero-order valence-corrected chi connectivity index (χ0v) is 13.9. The van der Waals surface area contributed by atoms with E-state index >= 15 is 0 Å². The standard InChI is InChI=1S/C15H25N3O4/c1-6-7-18(14(20)22-15(2,3)4)12(13(19)21-5)8-11-9-16-10-17-11/h9-10,12H,6-8H2,1-5H3,(H,16,17)/t12-/m0/s1. The van der Waals surface area contributed by atoms with E-state index in [4.69, 9.17) is 9.47 Å². The van der Waals surface area contributed by atoms with Gasteiger partial charge in [0.1, 0.15) is 11.6 Å². The smallest absolute Gasteiger partial charge is 0.411 e. The molecule has 0 spiro atoms. The maximum atomic E-state index is 12.4. The molecule has 7 heteroatoms. The normalized spacial score (nSPS) is 12.6. The lowest BCUT2D eigenvalue weighted by Gasteiger charge is -2.31. The van der Waals surface area contributed by atoms with Crippen LogP contribution in [0.4, 0.5) is 4.79 Å². The first-order valence-electron chi connectivity index (χ1n) is 7.33. The van der Waals surface area contributed by atoms with Gasteiger partial charge < -0.3 is 14.5 Å². The first-order valence-corrected chi connectivity index (χ1v) is 7.33. The van der Waals surface area contributed by atoms with Gasteiger partial charge in [-0.3, -0.25) is 4.90 Å². The molecule has 0 aliphatic rings. The number of rotatable bonds is 6. The van der Waals surface area contributed by atoms with Gasteiger partial charge in [0, 0.05) is 24.9 Å². The number of hydrogen-bond donors (Lipinski definition) is 1. The zero-order valence-electron chi connectivity index (χ0n) is 13.9. The second-order valence-electron chi connectivity index (χ2n) is 5.99. The fourth-order valence-corrected chi connectivity index (χ4v) is 2.00. The summed E-state index contributed by atoms with van der Waals surface area (Å²) in [5, 5.41) is 0. The molecule has 0 aliphatic carbocycles. The lowest BCUT2D eigenvalue weighted by Crippen LogP contribution is -2.49. The number of carbonyl (C=O) groups excluding carboxylic acids is 2. The Kier molecular flexibility index (Phi) is 6.39. The van der Waals surface area contributed by atoms with Crippen molar-refractivity contribution < 1.29 is 19.1 Å². The van der Waals surface area contributed by atoms with Gasteiger partial charge >= 0.3 is 12.1 Å². The molecule has 1 atom stereocenters. The molecule has 1 heterocycles. The van der Waals surface area contributed by atoms with Gasteiger partial charge in [-0.05, 0) is 27.2 Å². The van der Waals surface area contributed by atoms with Crippen molar-refractivity contribution in [2.75, 3.05) is 13.7 Å². The molecule has 1 aromatic rings. The third kappa shape index (κ3) is 5.38. The number of imidazole rings is 1. The van der Waals surface area contributed by atoms with E-state index in [0.29, 0.717) is 19.4 Å². The summed E-state index contributed by atoms with van der Waals surface area (Å²) >= 11 is 0. The first-order chi connectivity index (χ1) is 10.3. The van der Waals surface area contributed by atoms with Crippen LogP contribution in [0, 0.1) is 0 Å². The number of hydrogen-bond acceptors (Lipinski definition) is 5. The molecule has 1 aromatic heterocycles. The molecule has 0 aliphatic heterocycles. The highest BCUT2D eigenvalue weighted by Crippen LogP contribution is 2.15. The minimum Gasteiger partial charge on any atom is -0.467 e. The van der Waals surface area contributed by atoms with Crippen molar-refractivity contribution in [1.82, 2.24) is 14.9 Å².